The van der Waals surface area contributed by atoms with Crippen molar-refractivity contribution in [2.75, 3.05) is 0 Å². The summed E-state index contributed by atoms with van der Waals surface area (Å²) in [5, 5.41) is 5.40. The molecule has 1 amide bonds. The molecule has 1 rings (SSSR count). The highest BCUT2D eigenvalue weighted by Crippen LogP contribution is 2.08. The smallest absolute Gasteiger partial charge is 0.243 e. The van der Waals surface area contributed by atoms with E-state index in [-0.39, 0.29) is 11.4 Å². The van der Waals surface area contributed by atoms with Crippen LogP contribution >= 0.6 is 23.6 Å². The first-order valence-electron chi connectivity index (χ1n) is 5.26. The lowest BCUT2D eigenvalue weighted by molar-refractivity contribution is -0.120. The lowest BCUT2D eigenvalue weighted by atomic mass is 10.1. The van der Waals surface area contributed by atoms with Gasteiger partial charge in [0.05, 0.1) is 6.42 Å². The summed E-state index contributed by atoms with van der Waals surface area (Å²) < 4.78 is 0. The fraction of sp³-hybridized carbons (Fsp3) is 0.455. The van der Waals surface area contributed by atoms with Crippen LogP contribution in [0.2, 0.25) is 0 Å². The van der Waals surface area contributed by atoms with Crippen molar-refractivity contribution in [3.05, 3.63) is 22.4 Å². The maximum absolute atomic E-state index is 11.5. The molecule has 1 heterocycles. The Kier molecular flexibility index (Phi) is 4.89. The van der Waals surface area contributed by atoms with Crippen molar-refractivity contribution < 1.29 is 4.79 Å². The minimum absolute atomic E-state index is 0.106. The molecular formula is C11H17N3OS2. The number of thiophene rings is 1. The summed E-state index contributed by atoms with van der Waals surface area (Å²) in [7, 11) is 0. The van der Waals surface area contributed by atoms with Crippen LogP contribution in [-0.2, 0) is 11.2 Å². The average Bonchev–Trinajstić information content (AvgIpc) is 2.64. The summed E-state index contributed by atoms with van der Waals surface area (Å²) in [5.74, 6) is -0.106. The third-order valence-electron chi connectivity index (χ3n) is 1.72. The van der Waals surface area contributed by atoms with Gasteiger partial charge in [-0.3, -0.25) is 15.6 Å². The largest absolute Gasteiger partial charge is 0.357 e. The Morgan fingerprint density at radius 2 is 2.12 bits per heavy atom. The number of hydrogen-bond donors (Lipinski definition) is 3. The molecule has 0 spiro atoms. The van der Waals surface area contributed by atoms with Crippen LogP contribution in [0.5, 0.6) is 0 Å². The first-order valence-corrected chi connectivity index (χ1v) is 6.55. The third kappa shape index (κ3) is 6.23. The molecule has 0 aliphatic heterocycles. The molecule has 3 N–H and O–H groups in total. The molecule has 0 aliphatic carbocycles. The molecule has 0 saturated heterocycles. The Morgan fingerprint density at radius 3 is 2.65 bits per heavy atom. The van der Waals surface area contributed by atoms with E-state index < -0.39 is 0 Å². The van der Waals surface area contributed by atoms with Crippen molar-refractivity contribution in [2.45, 2.75) is 32.7 Å². The summed E-state index contributed by atoms with van der Waals surface area (Å²) >= 11 is 6.59. The van der Waals surface area contributed by atoms with Gasteiger partial charge < -0.3 is 5.32 Å². The van der Waals surface area contributed by atoms with E-state index in [1.165, 1.54) is 0 Å². The molecule has 0 aliphatic rings. The van der Waals surface area contributed by atoms with E-state index in [1.807, 2.05) is 38.3 Å². The summed E-state index contributed by atoms with van der Waals surface area (Å²) in [6.45, 7) is 5.98. The van der Waals surface area contributed by atoms with E-state index in [0.29, 0.717) is 11.5 Å². The van der Waals surface area contributed by atoms with E-state index in [4.69, 9.17) is 12.2 Å². The first kappa shape index (κ1) is 13.9. The number of thiocarbonyl (C=S) groups is 1. The zero-order valence-electron chi connectivity index (χ0n) is 10.2. The minimum Gasteiger partial charge on any atom is -0.357 e. The Labute approximate surface area is 111 Å². The molecular weight excluding hydrogens is 254 g/mol. The molecule has 0 bridgehead atoms. The van der Waals surface area contributed by atoms with Crippen LogP contribution < -0.4 is 16.2 Å². The first-order chi connectivity index (χ1) is 7.87. The zero-order chi connectivity index (χ0) is 12.9. The van der Waals surface area contributed by atoms with Crippen LogP contribution in [0.4, 0.5) is 0 Å². The van der Waals surface area contributed by atoms with Crippen LogP contribution in [0, 0.1) is 0 Å². The number of hydrazine groups is 1. The van der Waals surface area contributed by atoms with E-state index >= 15 is 0 Å². The highest BCUT2D eigenvalue weighted by molar-refractivity contribution is 7.80. The molecule has 17 heavy (non-hydrogen) atoms. The number of hydrogen-bond acceptors (Lipinski definition) is 3. The Balaban J connectivity index is 2.26. The van der Waals surface area contributed by atoms with Crippen LogP contribution in [0.15, 0.2) is 17.5 Å². The fourth-order valence-corrected chi connectivity index (χ4v) is 2.17. The minimum atomic E-state index is -0.122. The predicted molar refractivity (Wildman–Crippen MR) is 74.8 cm³/mol. The second-order valence-electron chi connectivity index (χ2n) is 4.63. The van der Waals surface area contributed by atoms with Gasteiger partial charge in [-0.25, -0.2) is 0 Å². The predicted octanol–water partition coefficient (Wildman–Crippen LogP) is 1.58. The lowest BCUT2D eigenvalue weighted by Gasteiger charge is -2.23. The monoisotopic (exact) mass is 271 g/mol. The highest BCUT2D eigenvalue weighted by Gasteiger charge is 2.11. The second-order valence-corrected chi connectivity index (χ2v) is 6.07. The second kappa shape index (κ2) is 5.97. The van der Waals surface area contributed by atoms with Gasteiger partial charge in [0.15, 0.2) is 5.11 Å². The van der Waals surface area contributed by atoms with E-state index in [2.05, 4.69) is 16.2 Å². The van der Waals surface area contributed by atoms with Gasteiger partial charge in [-0.1, -0.05) is 6.07 Å². The summed E-state index contributed by atoms with van der Waals surface area (Å²) in [4.78, 5) is 12.6. The number of rotatable bonds is 2. The van der Waals surface area contributed by atoms with Gasteiger partial charge in [0.1, 0.15) is 0 Å². The van der Waals surface area contributed by atoms with Crippen molar-refractivity contribution in [1.29, 1.82) is 0 Å². The van der Waals surface area contributed by atoms with Crippen molar-refractivity contribution in [2.24, 2.45) is 0 Å². The van der Waals surface area contributed by atoms with Gasteiger partial charge >= 0.3 is 0 Å². The van der Waals surface area contributed by atoms with Crippen molar-refractivity contribution in [1.82, 2.24) is 16.2 Å². The average molecular weight is 271 g/mol. The molecule has 0 aromatic carbocycles. The van der Waals surface area contributed by atoms with Crippen LogP contribution in [0.3, 0.4) is 0 Å². The van der Waals surface area contributed by atoms with Gasteiger partial charge in [0.25, 0.3) is 0 Å². The van der Waals surface area contributed by atoms with Gasteiger partial charge in [-0.2, -0.15) is 0 Å². The van der Waals surface area contributed by atoms with Crippen molar-refractivity contribution in [3.8, 4) is 0 Å². The quantitative estimate of drug-likeness (QED) is 0.565. The number of amides is 1. The molecule has 4 nitrogen and oxygen atoms in total. The van der Waals surface area contributed by atoms with Gasteiger partial charge in [-0.05, 0) is 44.4 Å². The maximum Gasteiger partial charge on any atom is 0.243 e. The van der Waals surface area contributed by atoms with Gasteiger partial charge in [-0.15, -0.1) is 11.3 Å². The molecule has 0 atom stereocenters. The highest BCUT2D eigenvalue weighted by atomic mass is 32.1. The topological polar surface area (TPSA) is 53.2 Å². The van der Waals surface area contributed by atoms with Crippen molar-refractivity contribution >= 4 is 34.6 Å². The zero-order valence-corrected chi connectivity index (χ0v) is 11.8. The maximum atomic E-state index is 11.5. The lowest BCUT2D eigenvalue weighted by Crippen LogP contribution is -2.52. The standard InChI is InChI=1S/C11H17N3OS2/c1-11(2,3)12-10(16)14-13-9(15)7-8-5-4-6-17-8/h4-6H,7H2,1-3H3,(H,13,15)(H2,12,14,16). The van der Waals surface area contributed by atoms with Crippen LogP contribution in [0.25, 0.3) is 0 Å². The summed E-state index contributed by atoms with van der Waals surface area (Å²) in [6, 6.07) is 3.85. The Bertz CT molecular complexity index is 382. The molecule has 6 heteroatoms. The van der Waals surface area contributed by atoms with Crippen molar-refractivity contribution in [3.63, 3.8) is 0 Å². The van der Waals surface area contributed by atoms with E-state index in [1.54, 1.807) is 11.3 Å². The molecule has 1 aromatic heterocycles. The third-order valence-corrected chi connectivity index (χ3v) is 2.80. The number of carbonyl (C=O) groups excluding carboxylic acids is 1. The molecule has 94 valence electrons. The summed E-state index contributed by atoms with van der Waals surface area (Å²) in [6.07, 6.45) is 0.364. The van der Waals surface area contributed by atoms with Gasteiger partial charge in [0.2, 0.25) is 5.91 Å². The van der Waals surface area contributed by atoms with Crippen LogP contribution in [-0.4, -0.2) is 16.6 Å². The fourth-order valence-electron chi connectivity index (χ4n) is 1.11. The number of carbonyl (C=O) groups is 1. The Hall–Kier alpha value is -1.14. The molecule has 0 radical (unpaired) electrons. The summed E-state index contributed by atoms with van der Waals surface area (Å²) in [5.41, 5.74) is 5.11. The molecule has 1 aromatic rings. The van der Waals surface area contributed by atoms with Crippen LogP contribution in [0.1, 0.15) is 25.6 Å². The molecule has 0 unspecified atom stereocenters. The number of nitrogens with one attached hydrogen (secondary N) is 3. The Morgan fingerprint density at radius 1 is 1.41 bits per heavy atom. The normalized spacial score (nSPS) is 10.8. The van der Waals surface area contributed by atoms with Gasteiger partial charge in [0, 0.05) is 10.4 Å². The SMILES string of the molecule is CC(C)(C)NC(=S)NNC(=O)Cc1cccs1. The van der Waals surface area contributed by atoms with E-state index in [9.17, 15) is 4.79 Å². The van der Waals surface area contributed by atoms with E-state index in [0.717, 1.165) is 4.88 Å². The molecule has 0 saturated carbocycles. The molecule has 0 fully saturated rings.